The molecular formula is C13H16Cl2N2O4S. The monoisotopic (exact) mass is 366 g/mol. The lowest BCUT2D eigenvalue weighted by Gasteiger charge is -2.33. The Bertz CT molecular complexity index is 658. The fourth-order valence-corrected chi connectivity index (χ4v) is 3.92. The first-order valence-corrected chi connectivity index (χ1v) is 8.92. The summed E-state index contributed by atoms with van der Waals surface area (Å²) in [6.07, 6.45) is -0.422. The third kappa shape index (κ3) is 3.65. The van der Waals surface area contributed by atoms with Gasteiger partial charge in [0.05, 0.1) is 21.5 Å². The highest BCUT2D eigenvalue weighted by atomic mass is 35.5. The Hall–Kier alpha value is -1.02. The number of benzene rings is 1. The number of sulfonamides is 1. The van der Waals surface area contributed by atoms with Crippen LogP contribution in [0.1, 0.15) is 6.92 Å². The van der Waals surface area contributed by atoms with Gasteiger partial charge in [0.1, 0.15) is 0 Å². The Morgan fingerprint density at radius 3 is 2.36 bits per heavy atom. The van der Waals surface area contributed by atoms with Crippen LogP contribution in [0.25, 0.3) is 0 Å². The van der Waals surface area contributed by atoms with Gasteiger partial charge in [-0.25, -0.2) is 13.2 Å². The minimum Gasteiger partial charge on any atom is -0.450 e. The predicted molar refractivity (Wildman–Crippen MR) is 83.8 cm³/mol. The second-order valence-electron chi connectivity index (χ2n) is 4.67. The molecule has 0 unspecified atom stereocenters. The van der Waals surface area contributed by atoms with Gasteiger partial charge in [0.25, 0.3) is 0 Å². The van der Waals surface area contributed by atoms with Crippen LogP contribution in [0.2, 0.25) is 10.0 Å². The molecule has 1 aromatic carbocycles. The summed E-state index contributed by atoms with van der Waals surface area (Å²) < 4.78 is 31.3. The molecule has 1 aromatic rings. The number of hydrogen-bond donors (Lipinski definition) is 0. The molecular weight excluding hydrogens is 351 g/mol. The Morgan fingerprint density at radius 2 is 1.82 bits per heavy atom. The van der Waals surface area contributed by atoms with E-state index in [-0.39, 0.29) is 23.0 Å². The lowest BCUT2D eigenvalue weighted by atomic mass is 10.4. The lowest BCUT2D eigenvalue weighted by molar-refractivity contribution is 0.0934. The van der Waals surface area contributed by atoms with E-state index in [1.54, 1.807) is 6.92 Å². The van der Waals surface area contributed by atoms with Crippen LogP contribution in [-0.2, 0) is 14.8 Å². The molecule has 0 aromatic heterocycles. The second-order valence-corrected chi connectivity index (χ2v) is 7.42. The molecule has 1 aliphatic heterocycles. The summed E-state index contributed by atoms with van der Waals surface area (Å²) in [5.41, 5.74) is 0. The van der Waals surface area contributed by atoms with Gasteiger partial charge in [-0.2, -0.15) is 4.31 Å². The molecule has 22 heavy (non-hydrogen) atoms. The highest BCUT2D eigenvalue weighted by molar-refractivity contribution is 7.89. The maximum Gasteiger partial charge on any atom is 0.409 e. The minimum absolute atomic E-state index is 0.0893. The number of carbonyl (C=O) groups excluding carboxylic acids is 1. The molecule has 1 heterocycles. The quantitative estimate of drug-likeness (QED) is 0.823. The van der Waals surface area contributed by atoms with E-state index >= 15 is 0 Å². The Morgan fingerprint density at radius 1 is 1.18 bits per heavy atom. The van der Waals surface area contributed by atoms with Gasteiger partial charge in [0.2, 0.25) is 10.0 Å². The van der Waals surface area contributed by atoms with Gasteiger partial charge >= 0.3 is 6.09 Å². The van der Waals surface area contributed by atoms with E-state index in [0.717, 1.165) is 0 Å². The molecule has 1 fully saturated rings. The van der Waals surface area contributed by atoms with Crippen molar-refractivity contribution in [2.75, 3.05) is 32.8 Å². The Kier molecular flexibility index (Phi) is 5.55. The predicted octanol–water partition coefficient (Wildman–Crippen LogP) is 2.46. The smallest absolute Gasteiger partial charge is 0.409 e. The molecule has 0 N–H and O–H groups in total. The summed E-state index contributed by atoms with van der Waals surface area (Å²) in [5.74, 6) is 0. The van der Waals surface area contributed by atoms with E-state index in [2.05, 4.69) is 0 Å². The molecule has 0 spiro atoms. The number of carbonyl (C=O) groups is 1. The van der Waals surface area contributed by atoms with Gasteiger partial charge in [-0.15, -0.1) is 0 Å². The highest BCUT2D eigenvalue weighted by Crippen LogP contribution is 2.27. The van der Waals surface area contributed by atoms with Gasteiger partial charge in [-0.05, 0) is 25.1 Å². The van der Waals surface area contributed by atoms with E-state index in [4.69, 9.17) is 27.9 Å². The third-order valence-electron chi connectivity index (χ3n) is 3.29. The van der Waals surface area contributed by atoms with Crippen molar-refractivity contribution >= 4 is 39.3 Å². The van der Waals surface area contributed by atoms with Crippen molar-refractivity contribution in [3.05, 3.63) is 28.2 Å². The molecule has 0 saturated carbocycles. The zero-order valence-electron chi connectivity index (χ0n) is 12.0. The summed E-state index contributed by atoms with van der Waals surface area (Å²) in [7, 11) is -3.65. The first kappa shape index (κ1) is 17.3. The average molecular weight is 367 g/mol. The van der Waals surface area contributed by atoms with Gasteiger partial charge in [-0.1, -0.05) is 23.2 Å². The van der Waals surface area contributed by atoms with Crippen LogP contribution in [0.5, 0.6) is 0 Å². The van der Waals surface area contributed by atoms with Gasteiger partial charge in [0, 0.05) is 26.2 Å². The molecule has 122 valence electrons. The van der Waals surface area contributed by atoms with Crippen LogP contribution in [-0.4, -0.2) is 56.5 Å². The normalized spacial score (nSPS) is 16.6. The molecule has 1 amide bonds. The number of ether oxygens (including phenoxy) is 1. The molecule has 1 saturated heterocycles. The molecule has 1 aliphatic rings. The molecule has 0 aliphatic carbocycles. The number of rotatable bonds is 3. The van der Waals surface area contributed by atoms with E-state index < -0.39 is 16.1 Å². The lowest BCUT2D eigenvalue weighted by Crippen LogP contribution is -2.50. The molecule has 0 bridgehead atoms. The van der Waals surface area contributed by atoms with Crippen molar-refractivity contribution in [2.24, 2.45) is 0 Å². The summed E-state index contributed by atoms with van der Waals surface area (Å²) >= 11 is 11.7. The molecule has 6 nitrogen and oxygen atoms in total. The molecule has 0 atom stereocenters. The SMILES string of the molecule is CCOC(=O)N1CCN(S(=O)(=O)c2ccc(Cl)c(Cl)c2)CC1. The largest absolute Gasteiger partial charge is 0.450 e. The Labute approximate surface area is 139 Å². The van der Waals surface area contributed by atoms with Crippen molar-refractivity contribution in [3.63, 3.8) is 0 Å². The highest BCUT2D eigenvalue weighted by Gasteiger charge is 2.30. The summed E-state index contributed by atoms with van der Waals surface area (Å²) in [4.78, 5) is 13.2. The van der Waals surface area contributed by atoms with Crippen LogP contribution in [0.3, 0.4) is 0 Å². The number of piperazine rings is 1. The van der Waals surface area contributed by atoms with Crippen molar-refractivity contribution in [1.29, 1.82) is 0 Å². The average Bonchev–Trinajstić information content (AvgIpc) is 2.50. The van der Waals surface area contributed by atoms with Crippen molar-refractivity contribution in [3.8, 4) is 0 Å². The zero-order chi connectivity index (χ0) is 16.3. The fourth-order valence-electron chi connectivity index (χ4n) is 2.11. The van der Waals surface area contributed by atoms with Crippen LogP contribution < -0.4 is 0 Å². The van der Waals surface area contributed by atoms with E-state index in [1.807, 2.05) is 0 Å². The van der Waals surface area contributed by atoms with E-state index in [1.165, 1.54) is 27.4 Å². The maximum atomic E-state index is 12.5. The zero-order valence-corrected chi connectivity index (χ0v) is 14.3. The Balaban J connectivity index is 2.09. The number of halogens is 2. The maximum absolute atomic E-state index is 12.5. The topological polar surface area (TPSA) is 66.9 Å². The fraction of sp³-hybridized carbons (Fsp3) is 0.462. The molecule has 9 heteroatoms. The van der Waals surface area contributed by atoms with Crippen molar-refractivity contribution in [2.45, 2.75) is 11.8 Å². The van der Waals surface area contributed by atoms with Crippen LogP contribution in [0.4, 0.5) is 4.79 Å². The molecule has 2 rings (SSSR count). The van der Waals surface area contributed by atoms with Gasteiger partial charge in [-0.3, -0.25) is 0 Å². The van der Waals surface area contributed by atoms with Crippen LogP contribution in [0.15, 0.2) is 23.1 Å². The number of hydrogen-bond acceptors (Lipinski definition) is 4. The van der Waals surface area contributed by atoms with Gasteiger partial charge < -0.3 is 9.64 Å². The number of amides is 1. The van der Waals surface area contributed by atoms with Gasteiger partial charge in [0.15, 0.2) is 0 Å². The first-order valence-electron chi connectivity index (χ1n) is 6.73. The first-order chi connectivity index (χ1) is 10.4. The summed E-state index contributed by atoms with van der Waals surface area (Å²) in [5, 5.41) is 0.487. The van der Waals surface area contributed by atoms with Crippen molar-refractivity contribution < 1.29 is 17.9 Å². The molecule has 0 radical (unpaired) electrons. The summed E-state index contributed by atoms with van der Waals surface area (Å²) in [6.45, 7) is 3.02. The van der Waals surface area contributed by atoms with Crippen LogP contribution in [0, 0.1) is 0 Å². The number of nitrogens with zero attached hydrogens (tertiary/aromatic N) is 2. The minimum atomic E-state index is -3.65. The van der Waals surface area contributed by atoms with Crippen LogP contribution >= 0.6 is 23.2 Å². The third-order valence-corrected chi connectivity index (χ3v) is 5.93. The standard InChI is InChI=1S/C13H16Cl2N2O4S/c1-2-21-13(18)16-5-7-17(8-6-16)22(19,20)10-3-4-11(14)12(15)9-10/h3-4,9H,2,5-8H2,1H3. The second kappa shape index (κ2) is 7.04. The van der Waals surface area contributed by atoms with E-state index in [0.29, 0.717) is 24.7 Å². The summed E-state index contributed by atoms with van der Waals surface area (Å²) in [6, 6.07) is 4.20. The van der Waals surface area contributed by atoms with E-state index in [9.17, 15) is 13.2 Å². The van der Waals surface area contributed by atoms with Crippen molar-refractivity contribution in [1.82, 2.24) is 9.21 Å².